The molecular weight excluding hydrogens is 270 g/mol. The van der Waals surface area contributed by atoms with Crippen LogP contribution in [-0.4, -0.2) is 37.5 Å². The zero-order valence-corrected chi connectivity index (χ0v) is 11.6. The van der Waals surface area contributed by atoms with E-state index in [1.165, 1.54) is 0 Å². The molecule has 1 atom stereocenters. The van der Waals surface area contributed by atoms with Gasteiger partial charge in [0.1, 0.15) is 5.82 Å². The van der Waals surface area contributed by atoms with Crippen molar-refractivity contribution in [1.82, 2.24) is 25.1 Å². The number of aromatic nitrogens is 4. The van der Waals surface area contributed by atoms with Gasteiger partial charge < -0.3 is 4.90 Å². The Morgan fingerprint density at radius 3 is 3.00 bits per heavy atom. The first-order valence-corrected chi connectivity index (χ1v) is 7.08. The highest BCUT2D eigenvalue weighted by Gasteiger charge is 2.29. The van der Waals surface area contributed by atoms with Crippen molar-refractivity contribution in [3.05, 3.63) is 46.4 Å². The fourth-order valence-corrected chi connectivity index (χ4v) is 2.74. The SMILES string of the molecule is O=C(Cc1n[nH]c(=O)[nH]1)N1CCCC[C@@H]1c1ccccn1. The van der Waals surface area contributed by atoms with E-state index in [-0.39, 0.29) is 18.4 Å². The molecule has 0 aliphatic carbocycles. The largest absolute Gasteiger partial charge is 0.340 e. The first-order valence-electron chi connectivity index (χ1n) is 7.08. The smallest absolute Gasteiger partial charge is 0.334 e. The highest BCUT2D eigenvalue weighted by Crippen LogP contribution is 2.29. The third kappa shape index (κ3) is 3.01. The Labute approximate surface area is 121 Å². The molecule has 1 saturated heterocycles. The summed E-state index contributed by atoms with van der Waals surface area (Å²) >= 11 is 0. The number of H-pyrrole nitrogens is 2. The highest BCUT2D eigenvalue weighted by molar-refractivity contribution is 5.78. The number of pyridine rings is 1. The van der Waals surface area contributed by atoms with Crippen molar-refractivity contribution >= 4 is 5.91 Å². The lowest BCUT2D eigenvalue weighted by Crippen LogP contribution is -2.39. The third-order valence-corrected chi connectivity index (χ3v) is 3.72. The minimum atomic E-state index is -0.391. The van der Waals surface area contributed by atoms with Crippen LogP contribution in [0.3, 0.4) is 0 Å². The van der Waals surface area contributed by atoms with Crippen molar-refractivity contribution in [2.75, 3.05) is 6.54 Å². The Hall–Kier alpha value is -2.44. The Morgan fingerprint density at radius 2 is 2.29 bits per heavy atom. The van der Waals surface area contributed by atoms with Crippen molar-refractivity contribution in [3.8, 4) is 0 Å². The molecule has 0 spiro atoms. The number of nitrogens with one attached hydrogen (secondary N) is 2. The molecule has 7 nitrogen and oxygen atoms in total. The second kappa shape index (κ2) is 5.90. The van der Waals surface area contributed by atoms with Gasteiger partial charge in [-0.15, -0.1) is 0 Å². The van der Waals surface area contributed by atoms with E-state index in [9.17, 15) is 9.59 Å². The third-order valence-electron chi connectivity index (χ3n) is 3.72. The summed E-state index contributed by atoms with van der Waals surface area (Å²) < 4.78 is 0. The van der Waals surface area contributed by atoms with Gasteiger partial charge in [0.2, 0.25) is 5.91 Å². The molecule has 0 saturated carbocycles. The summed E-state index contributed by atoms with van der Waals surface area (Å²) in [5.41, 5.74) is 0.527. The van der Waals surface area contributed by atoms with Crippen LogP contribution < -0.4 is 5.69 Å². The van der Waals surface area contributed by atoms with Gasteiger partial charge >= 0.3 is 5.69 Å². The highest BCUT2D eigenvalue weighted by atomic mass is 16.2. The van der Waals surface area contributed by atoms with Gasteiger partial charge in [-0.25, -0.2) is 9.89 Å². The summed E-state index contributed by atoms with van der Waals surface area (Å²) in [4.78, 5) is 32.2. The number of carbonyl (C=O) groups is 1. The van der Waals surface area contributed by atoms with E-state index in [4.69, 9.17) is 0 Å². The van der Waals surface area contributed by atoms with Crippen LogP contribution in [0.4, 0.5) is 0 Å². The maximum atomic E-state index is 12.5. The van der Waals surface area contributed by atoms with Gasteiger partial charge in [0.15, 0.2) is 0 Å². The molecule has 110 valence electrons. The molecule has 0 aromatic carbocycles. The van der Waals surface area contributed by atoms with Gasteiger partial charge in [-0.2, -0.15) is 5.10 Å². The molecule has 2 N–H and O–H groups in total. The number of amides is 1. The average molecular weight is 287 g/mol. The standard InChI is InChI=1S/C14H17N5O2/c20-13(9-12-16-14(21)18-17-12)19-8-4-2-6-11(19)10-5-1-3-7-15-10/h1,3,5,7,11H,2,4,6,8-9H2,(H2,16,17,18,21)/t11-/m1/s1. The maximum absolute atomic E-state index is 12.5. The molecule has 3 heterocycles. The van der Waals surface area contributed by atoms with Crippen LogP contribution in [0.2, 0.25) is 0 Å². The van der Waals surface area contributed by atoms with Gasteiger partial charge in [0, 0.05) is 12.7 Å². The van der Waals surface area contributed by atoms with Gasteiger partial charge in [-0.1, -0.05) is 6.07 Å². The molecule has 0 unspecified atom stereocenters. The number of rotatable bonds is 3. The van der Waals surface area contributed by atoms with Crippen LogP contribution in [0, 0.1) is 0 Å². The lowest BCUT2D eigenvalue weighted by molar-refractivity contribution is -0.134. The van der Waals surface area contributed by atoms with Gasteiger partial charge in [-0.3, -0.25) is 14.8 Å². The van der Waals surface area contributed by atoms with Crippen LogP contribution in [-0.2, 0) is 11.2 Å². The molecule has 7 heteroatoms. The normalized spacial score (nSPS) is 18.7. The molecule has 21 heavy (non-hydrogen) atoms. The molecule has 1 aliphatic rings. The summed E-state index contributed by atoms with van der Waals surface area (Å²) in [5, 5.41) is 6.07. The van der Waals surface area contributed by atoms with Gasteiger partial charge in [-0.05, 0) is 31.4 Å². The molecule has 3 rings (SSSR count). The van der Waals surface area contributed by atoms with Crippen LogP contribution in [0.25, 0.3) is 0 Å². The van der Waals surface area contributed by atoms with Crippen LogP contribution >= 0.6 is 0 Å². The minimum absolute atomic E-state index is 0.0121. The fraction of sp³-hybridized carbons (Fsp3) is 0.429. The lowest BCUT2D eigenvalue weighted by Gasteiger charge is -2.35. The Morgan fingerprint density at radius 1 is 1.38 bits per heavy atom. The zero-order chi connectivity index (χ0) is 14.7. The number of aromatic amines is 2. The number of likely N-dealkylation sites (tertiary alicyclic amines) is 1. The number of nitrogens with zero attached hydrogens (tertiary/aromatic N) is 3. The molecule has 1 aliphatic heterocycles. The van der Waals surface area contributed by atoms with E-state index in [1.807, 2.05) is 23.1 Å². The van der Waals surface area contributed by atoms with E-state index in [0.29, 0.717) is 12.4 Å². The molecule has 2 aromatic rings. The van der Waals surface area contributed by atoms with E-state index in [0.717, 1.165) is 25.0 Å². The van der Waals surface area contributed by atoms with Crippen molar-refractivity contribution in [2.45, 2.75) is 31.7 Å². The minimum Gasteiger partial charge on any atom is -0.334 e. The van der Waals surface area contributed by atoms with E-state index in [2.05, 4.69) is 20.2 Å². The zero-order valence-electron chi connectivity index (χ0n) is 11.6. The number of carbonyl (C=O) groups excluding carboxylic acids is 1. The maximum Gasteiger partial charge on any atom is 0.340 e. The van der Waals surface area contributed by atoms with E-state index < -0.39 is 5.69 Å². The molecule has 1 amide bonds. The molecular formula is C14H17N5O2. The number of piperidine rings is 1. The van der Waals surface area contributed by atoms with Gasteiger partial charge in [0.05, 0.1) is 18.2 Å². The summed E-state index contributed by atoms with van der Waals surface area (Å²) in [7, 11) is 0. The number of hydrogen-bond donors (Lipinski definition) is 2. The Bertz CT molecular complexity index is 663. The fourth-order valence-electron chi connectivity index (χ4n) is 2.74. The average Bonchev–Trinajstić information content (AvgIpc) is 2.93. The summed E-state index contributed by atoms with van der Waals surface area (Å²) in [6, 6.07) is 5.77. The van der Waals surface area contributed by atoms with Crippen molar-refractivity contribution in [3.63, 3.8) is 0 Å². The molecule has 1 fully saturated rings. The van der Waals surface area contributed by atoms with E-state index in [1.54, 1.807) is 6.20 Å². The number of hydrogen-bond acceptors (Lipinski definition) is 4. The van der Waals surface area contributed by atoms with Crippen LogP contribution in [0.5, 0.6) is 0 Å². The summed E-state index contributed by atoms with van der Waals surface area (Å²) in [6.07, 6.45) is 4.84. The quantitative estimate of drug-likeness (QED) is 0.872. The lowest BCUT2D eigenvalue weighted by atomic mass is 9.98. The second-order valence-corrected chi connectivity index (χ2v) is 5.15. The monoisotopic (exact) mass is 287 g/mol. The van der Waals surface area contributed by atoms with Crippen LogP contribution in [0.15, 0.2) is 29.2 Å². The summed E-state index contributed by atoms with van der Waals surface area (Å²) in [6.45, 7) is 0.717. The topological polar surface area (TPSA) is 94.7 Å². The van der Waals surface area contributed by atoms with Crippen molar-refractivity contribution < 1.29 is 4.79 Å². The van der Waals surface area contributed by atoms with E-state index >= 15 is 0 Å². The first-order chi connectivity index (χ1) is 10.2. The molecule has 0 radical (unpaired) electrons. The molecule has 0 bridgehead atoms. The van der Waals surface area contributed by atoms with Crippen LogP contribution in [0.1, 0.15) is 36.8 Å². The first kappa shape index (κ1) is 13.5. The predicted molar refractivity (Wildman–Crippen MR) is 75.5 cm³/mol. The second-order valence-electron chi connectivity index (χ2n) is 5.15. The Balaban J connectivity index is 1.77. The van der Waals surface area contributed by atoms with Crippen molar-refractivity contribution in [1.29, 1.82) is 0 Å². The van der Waals surface area contributed by atoms with Crippen molar-refractivity contribution in [2.24, 2.45) is 0 Å². The Kier molecular flexibility index (Phi) is 3.81. The summed E-state index contributed by atoms with van der Waals surface area (Å²) in [5.74, 6) is 0.337. The van der Waals surface area contributed by atoms with Gasteiger partial charge in [0.25, 0.3) is 0 Å². The molecule has 2 aromatic heterocycles. The predicted octanol–water partition coefficient (Wildman–Crippen LogP) is 0.789.